The van der Waals surface area contributed by atoms with E-state index in [1.54, 1.807) is 6.07 Å². The summed E-state index contributed by atoms with van der Waals surface area (Å²) in [4.78, 5) is 0. The van der Waals surface area contributed by atoms with Crippen molar-refractivity contribution in [3.05, 3.63) is 30.1 Å². The van der Waals surface area contributed by atoms with Crippen molar-refractivity contribution in [2.45, 2.75) is 31.2 Å². The van der Waals surface area contributed by atoms with Crippen LogP contribution < -0.4 is 5.32 Å². The average Bonchev–Trinajstić information content (AvgIpc) is 2.67. The van der Waals surface area contributed by atoms with Gasteiger partial charge in [-0.05, 0) is 31.0 Å². The van der Waals surface area contributed by atoms with Crippen molar-refractivity contribution in [2.75, 3.05) is 11.9 Å². The third kappa shape index (κ3) is 2.29. The molecule has 82 valence electrons. The second kappa shape index (κ2) is 4.19. The van der Waals surface area contributed by atoms with Crippen LogP contribution in [0.25, 0.3) is 0 Å². The highest BCUT2D eigenvalue weighted by Crippen LogP contribution is 2.32. The van der Waals surface area contributed by atoms with E-state index in [4.69, 9.17) is 0 Å². The summed E-state index contributed by atoms with van der Waals surface area (Å²) < 4.78 is 13.0. The van der Waals surface area contributed by atoms with Gasteiger partial charge in [0, 0.05) is 5.69 Å². The Balaban J connectivity index is 2.12. The van der Waals surface area contributed by atoms with Crippen LogP contribution in [-0.4, -0.2) is 17.3 Å². The number of nitrogens with one attached hydrogen (secondary N) is 1. The highest BCUT2D eigenvalue weighted by Gasteiger charge is 2.32. The third-order valence-electron chi connectivity index (χ3n) is 3.10. The highest BCUT2D eigenvalue weighted by atomic mass is 19.1. The third-order valence-corrected chi connectivity index (χ3v) is 3.10. The zero-order valence-corrected chi connectivity index (χ0v) is 8.67. The van der Waals surface area contributed by atoms with Crippen LogP contribution in [0.15, 0.2) is 24.3 Å². The average molecular weight is 209 g/mol. The van der Waals surface area contributed by atoms with Gasteiger partial charge in [-0.15, -0.1) is 0 Å². The first-order valence-electron chi connectivity index (χ1n) is 5.39. The van der Waals surface area contributed by atoms with E-state index in [1.165, 1.54) is 12.1 Å². The van der Waals surface area contributed by atoms with Gasteiger partial charge in [0.2, 0.25) is 0 Å². The van der Waals surface area contributed by atoms with Gasteiger partial charge in [-0.1, -0.05) is 18.9 Å². The Morgan fingerprint density at radius 1 is 1.33 bits per heavy atom. The number of aliphatic hydroxyl groups excluding tert-OH is 1. The van der Waals surface area contributed by atoms with E-state index >= 15 is 0 Å². The SMILES string of the molecule is OCC1(Nc2cccc(F)c2)CCCC1. The lowest BCUT2D eigenvalue weighted by atomic mass is 9.98. The van der Waals surface area contributed by atoms with Crippen molar-refractivity contribution in [1.29, 1.82) is 0 Å². The van der Waals surface area contributed by atoms with E-state index in [9.17, 15) is 9.50 Å². The first-order valence-corrected chi connectivity index (χ1v) is 5.39. The molecule has 0 bridgehead atoms. The van der Waals surface area contributed by atoms with E-state index in [-0.39, 0.29) is 18.0 Å². The Hall–Kier alpha value is -1.09. The van der Waals surface area contributed by atoms with Crippen LogP contribution in [0.1, 0.15) is 25.7 Å². The normalized spacial score (nSPS) is 19.1. The molecule has 0 heterocycles. The molecule has 0 spiro atoms. The van der Waals surface area contributed by atoms with Crippen LogP contribution in [0.5, 0.6) is 0 Å². The van der Waals surface area contributed by atoms with Gasteiger partial charge in [0.1, 0.15) is 5.82 Å². The predicted molar refractivity (Wildman–Crippen MR) is 58.3 cm³/mol. The molecule has 0 unspecified atom stereocenters. The molecule has 0 saturated heterocycles. The first kappa shape index (κ1) is 10.4. The molecule has 1 aromatic rings. The van der Waals surface area contributed by atoms with Crippen molar-refractivity contribution in [2.24, 2.45) is 0 Å². The summed E-state index contributed by atoms with van der Waals surface area (Å²) in [6, 6.07) is 6.40. The standard InChI is InChI=1S/C12H16FNO/c13-10-4-3-5-11(8-10)14-12(9-15)6-1-2-7-12/h3-5,8,14-15H,1-2,6-7,9H2. The molecule has 3 heteroatoms. The van der Waals surface area contributed by atoms with E-state index < -0.39 is 0 Å². The molecule has 1 aliphatic rings. The monoisotopic (exact) mass is 209 g/mol. The minimum atomic E-state index is -0.244. The maximum absolute atomic E-state index is 13.0. The summed E-state index contributed by atoms with van der Waals surface area (Å²) in [7, 11) is 0. The van der Waals surface area contributed by atoms with Crippen molar-refractivity contribution < 1.29 is 9.50 Å². The lowest BCUT2D eigenvalue weighted by Crippen LogP contribution is -2.38. The van der Waals surface area contributed by atoms with Crippen LogP contribution in [0.4, 0.5) is 10.1 Å². The lowest BCUT2D eigenvalue weighted by Gasteiger charge is -2.29. The molecule has 1 saturated carbocycles. The predicted octanol–water partition coefficient (Wildman–Crippen LogP) is 2.54. The second-order valence-electron chi connectivity index (χ2n) is 4.28. The molecular weight excluding hydrogens is 193 g/mol. The zero-order chi connectivity index (χ0) is 10.7. The Morgan fingerprint density at radius 2 is 2.07 bits per heavy atom. The fourth-order valence-electron chi connectivity index (χ4n) is 2.25. The molecule has 2 N–H and O–H groups in total. The van der Waals surface area contributed by atoms with Crippen LogP contribution in [0, 0.1) is 5.82 Å². The van der Waals surface area contributed by atoms with Gasteiger partial charge in [-0.3, -0.25) is 0 Å². The summed E-state index contributed by atoms with van der Waals surface area (Å²) in [5, 5.41) is 12.6. The number of rotatable bonds is 3. The summed E-state index contributed by atoms with van der Waals surface area (Å²) in [6.07, 6.45) is 4.17. The van der Waals surface area contributed by atoms with Gasteiger partial charge < -0.3 is 10.4 Å². The summed E-state index contributed by atoms with van der Waals surface area (Å²) in [5.41, 5.74) is 0.527. The number of benzene rings is 1. The van der Waals surface area contributed by atoms with Gasteiger partial charge in [0.15, 0.2) is 0 Å². The lowest BCUT2D eigenvalue weighted by molar-refractivity contribution is 0.214. The van der Waals surface area contributed by atoms with Crippen molar-refractivity contribution in [3.63, 3.8) is 0 Å². The van der Waals surface area contributed by atoms with Crippen molar-refractivity contribution in [1.82, 2.24) is 0 Å². The molecule has 0 radical (unpaired) electrons. The molecule has 0 amide bonds. The van der Waals surface area contributed by atoms with E-state index in [1.807, 2.05) is 6.07 Å². The number of hydrogen-bond donors (Lipinski definition) is 2. The molecule has 15 heavy (non-hydrogen) atoms. The van der Waals surface area contributed by atoms with Gasteiger partial charge in [-0.25, -0.2) is 4.39 Å². The zero-order valence-electron chi connectivity index (χ0n) is 8.67. The van der Waals surface area contributed by atoms with Gasteiger partial charge in [-0.2, -0.15) is 0 Å². The Kier molecular flexibility index (Phi) is 2.91. The summed E-state index contributed by atoms with van der Waals surface area (Å²) >= 11 is 0. The molecule has 1 aliphatic carbocycles. The molecule has 0 aliphatic heterocycles. The molecule has 1 fully saturated rings. The minimum absolute atomic E-state index is 0.115. The minimum Gasteiger partial charge on any atom is -0.394 e. The number of halogens is 1. The Labute approximate surface area is 89.1 Å². The Bertz CT molecular complexity index is 334. The number of hydrogen-bond acceptors (Lipinski definition) is 2. The fraction of sp³-hybridized carbons (Fsp3) is 0.500. The van der Waals surface area contributed by atoms with E-state index in [2.05, 4.69) is 5.32 Å². The first-order chi connectivity index (χ1) is 7.24. The molecule has 0 aromatic heterocycles. The second-order valence-corrected chi connectivity index (χ2v) is 4.28. The highest BCUT2D eigenvalue weighted by molar-refractivity contribution is 5.46. The molecular formula is C12H16FNO. The molecule has 2 nitrogen and oxygen atoms in total. The van der Waals surface area contributed by atoms with Gasteiger partial charge >= 0.3 is 0 Å². The number of anilines is 1. The largest absolute Gasteiger partial charge is 0.394 e. The van der Waals surface area contributed by atoms with E-state index in [0.29, 0.717) is 0 Å². The van der Waals surface area contributed by atoms with Crippen molar-refractivity contribution >= 4 is 5.69 Å². The maximum atomic E-state index is 13.0. The number of aliphatic hydroxyl groups is 1. The molecule has 1 aromatic carbocycles. The van der Waals surface area contributed by atoms with Gasteiger partial charge in [0.05, 0.1) is 12.1 Å². The smallest absolute Gasteiger partial charge is 0.125 e. The molecule has 0 atom stereocenters. The summed E-state index contributed by atoms with van der Waals surface area (Å²) in [5.74, 6) is -0.244. The van der Waals surface area contributed by atoms with E-state index in [0.717, 1.165) is 31.4 Å². The fourth-order valence-corrected chi connectivity index (χ4v) is 2.25. The summed E-state index contributed by atoms with van der Waals surface area (Å²) in [6.45, 7) is 0.115. The topological polar surface area (TPSA) is 32.3 Å². The Morgan fingerprint density at radius 3 is 2.67 bits per heavy atom. The van der Waals surface area contributed by atoms with Crippen LogP contribution >= 0.6 is 0 Å². The van der Waals surface area contributed by atoms with Crippen molar-refractivity contribution in [3.8, 4) is 0 Å². The van der Waals surface area contributed by atoms with Crippen LogP contribution in [-0.2, 0) is 0 Å². The quantitative estimate of drug-likeness (QED) is 0.801. The van der Waals surface area contributed by atoms with Crippen LogP contribution in [0.2, 0.25) is 0 Å². The van der Waals surface area contributed by atoms with Crippen LogP contribution in [0.3, 0.4) is 0 Å². The molecule has 2 rings (SSSR count). The van der Waals surface area contributed by atoms with Gasteiger partial charge in [0.25, 0.3) is 0 Å². The maximum Gasteiger partial charge on any atom is 0.125 e.